The number of nitrogens with zero attached hydrogens (tertiary/aromatic N) is 3. The van der Waals surface area contributed by atoms with Crippen LogP contribution in [0.2, 0.25) is 0 Å². The molecule has 20 heavy (non-hydrogen) atoms. The molecule has 5 heteroatoms. The van der Waals surface area contributed by atoms with Crippen LogP contribution in [0, 0.1) is 6.92 Å². The van der Waals surface area contributed by atoms with Crippen LogP contribution < -0.4 is 5.01 Å². The number of aromatic nitrogens is 2. The summed E-state index contributed by atoms with van der Waals surface area (Å²) in [6.07, 6.45) is 6.15. The lowest BCUT2D eigenvalue weighted by molar-refractivity contribution is 0.0525. The van der Waals surface area contributed by atoms with Crippen LogP contribution in [0.4, 0.5) is 0 Å². The highest BCUT2D eigenvalue weighted by Crippen LogP contribution is 2.11. The molecule has 0 amide bonds. The molecule has 0 atom stereocenters. The molecule has 0 aliphatic carbocycles. The second-order valence-corrected chi connectivity index (χ2v) is 4.91. The highest BCUT2D eigenvalue weighted by atomic mass is 16.5. The molecule has 0 aliphatic heterocycles. The van der Waals surface area contributed by atoms with Gasteiger partial charge in [-0.15, -0.1) is 0 Å². The molecule has 0 unspecified atom stereocenters. The van der Waals surface area contributed by atoms with E-state index >= 15 is 0 Å². The first-order valence-corrected chi connectivity index (χ1v) is 7.62. The summed E-state index contributed by atoms with van der Waals surface area (Å²) in [4.78, 5) is 13.7. The minimum absolute atomic E-state index is 0.290. The van der Waals surface area contributed by atoms with Crippen LogP contribution in [0.15, 0.2) is 6.20 Å². The van der Waals surface area contributed by atoms with Crippen LogP contribution in [-0.2, 0) is 4.74 Å². The van der Waals surface area contributed by atoms with Gasteiger partial charge in [-0.2, -0.15) is 9.89 Å². The van der Waals surface area contributed by atoms with Crippen LogP contribution in [-0.4, -0.2) is 35.6 Å². The summed E-state index contributed by atoms with van der Waals surface area (Å²) >= 11 is 0. The Bertz CT molecular complexity index is 407. The van der Waals surface area contributed by atoms with Gasteiger partial charge in [-0.3, -0.25) is 5.01 Å². The summed E-state index contributed by atoms with van der Waals surface area (Å²) in [6.45, 7) is 10.4. The summed E-state index contributed by atoms with van der Waals surface area (Å²) in [5, 5.41) is 6.58. The Morgan fingerprint density at radius 2 is 1.85 bits per heavy atom. The number of carbonyl (C=O) groups excluding carboxylic acids is 1. The highest BCUT2D eigenvalue weighted by Gasteiger charge is 2.18. The summed E-state index contributed by atoms with van der Waals surface area (Å²) in [6, 6.07) is 0. The molecule has 0 fully saturated rings. The number of ether oxygens (including phenoxy) is 1. The van der Waals surface area contributed by atoms with E-state index in [4.69, 9.17) is 4.74 Å². The van der Waals surface area contributed by atoms with E-state index in [1.807, 2.05) is 18.6 Å². The van der Waals surface area contributed by atoms with Gasteiger partial charge in [-0.25, -0.2) is 4.79 Å². The fraction of sp³-hybridized carbons (Fsp3) is 0.733. The van der Waals surface area contributed by atoms with Crippen molar-refractivity contribution < 1.29 is 9.53 Å². The van der Waals surface area contributed by atoms with Gasteiger partial charge in [0.25, 0.3) is 0 Å². The predicted molar refractivity (Wildman–Crippen MR) is 80.7 cm³/mol. The van der Waals surface area contributed by atoms with E-state index < -0.39 is 0 Å². The van der Waals surface area contributed by atoms with Crippen LogP contribution in [0.1, 0.15) is 62.5 Å². The molecule has 0 bridgehead atoms. The van der Waals surface area contributed by atoms with Gasteiger partial charge in [0.2, 0.25) is 0 Å². The van der Waals surface area contributed by atoms with Gasteiger partial charge in [0.05, 0.1) is 18.5 Å². The third-order valence-corrected chi connectivity index (χ3v) is 3.29. The molecule has 114 valence electrons. The molecule has 0 spiro atoms. The number of unbranched alkanes of at least 4 members (excludes halogenated alkanes) is 2. The first-order valence-electron chi connectivity index (χ1n) is 7.62. The highest BCUT2D eigenvalue weighted by molar-refractivity contribution is 5.90. The van der Waals surface area contributed by atoms with Gasteiger partial charge in [0, 0.05) is 13.1 Å². The van der Waals surface area contributed by atoms with Crippen molar-refractivity contribution in [2.75, 3.05) is 24.7 Å². The van der Waals surface area contributed by atoms with Crippen molar-refractivity contribution in [3.8, 4) is 0 Å². The molecule has 0 aromatic carbocycles. The first kappa shape index (κ1) is 16.5. The van der Waals surface area contributed by atoms with Gasteiger partial charge < -0.3 is 4.74 Å². The number of esters is 1. The smallest absolute Gasteiger partial charge is 0.341 e. The van der Waals surface area contributed by atoms with Gasteiger partial charge in [0.15, 0.2) is 0 Å². The van der Waals surface area contributed by atoms with Crippen molar-refractivity contribution in [1.29, 1.82) is 0 Å². The Balaban J connectivity index is 2.87. The van der Waals surface area contributed by atoms with E-state index in [2.05, 4.69) is 24.0 Å². The van der Waals surface area contributed by atoms with Crippen molar-refractivity contribution in [2.24, 2.45) is 0 Å². The van der Waals surface area contributed by atoms with Crippen LogP contribution >= 0.6 is 0 Å². The zero-order valence-electron chi connectivity index (χ0n) is 13.2. The average molecular weight is 281 g/mol. The minimum atomic E-state index is -0.290. The zero-order valence-corrected chi connectivity index (χ0v) is 13.2. The number of carbonyl (C=O) groups is 1. The van der Waals surface area contributed by atoms with Gasteiger partial charge in [0.1, 0.15) is 5.56 Å². The molecule has 0 radical (unpaired) electrons. The van der Waals surface area contributed by atoms with E-state index in [0.717, 1.165) is 44.5 Å². The fourth-order valence-electron chi connectivity index (χ4n) is 2.08. The van der Waals surface area contributed by atoms with E-state index in [-0.39, 0.29) is 5.97 Å². The molecule has 0 N–H and O–H groups in total. The quantitative estimate of drug-likeness (QED) is 0.653. The fourth-order valence-corrected chi connectivity index (χ4v) is 2.08. The molecule has 0 saturated heterocycles. The summed E-state index contributed by atoms with van der Waals surface area (Å²) in [7, 11) is 0. The van der Waals surface area contributed by atoms with Crippen molar-refractivity contribution in [3.05, 3.63) is 17.5 Å². The molecule has 1 rings (SSSR count). The van der Waals surface area contributed by atoms with Crippen molar-refractivity contribution >= 4 is 5.97 Å². The topological polar surface area (TPSA) is 47.4 Å². The van der Waals surface area contributed by atoms with E-state index in [0.29, 0.717) is 12.2 Å². The second-order valence-electron chi connectivity index (χ2n) is 4.91. The molecular weight excluding hydrogens is 254 g/mol. The number of hydrogen-bond acceptors (Lipinski definition) is 4. The Kier molecular flexibility index (Phi) is 7.12. The van der Waals surface area contributed by atoms with Crippen molar-refractivity contribution in [2.45, 2.75) is 53.4 Å². The lowest BCUT2D eigenvalue weighted by Gasteiger charge is -2.25. The number of hydrogen-bond donors (Lipinski definition) is 0. The lowest BCUT2D eigenvalue weighted by atomic mass is 10.2. The SMILES string of the molecule is CCCCN(CCCC)n1ncc(C(=O)OCC)c1C. The molecule has 5 nitrogen and oxygen atoms in total. The van der Waals surface area contributed by atoms with Gasteiger partial charge in [-0.05, 0) is 26.7 Å². The van der Waals surface area contributed by atoms with Crippen molar-refractivity contribution in [3.63, 3.8) is 0 Å². The van der Waals surface area contributed by atoms with Gasteiger partial charge >= 0.3 is 5.97 Å². The molecule has 1 aromatic rings. The Morgan fingerprint density at radius 3 is 2.35 bits per heavy atom. The maximum atomic E-state index is 11.8. The van der Waals surface area contributed by atoms with Crippen molar-refractivity contribution in [1.82, 2.24) is 9.89 Å². The largest absolute Gasteiger partial charge is 0.462 e. The van der Waals surface area contributed by atoms with E-state index in [9.17, 15) is 4.79 Å². The zero-order chi connectivity index (χ0) is 15.0. The molecule has 0 saturated carbocycles. The van der Waals surface area contributed by atoms with E-state index in [1.165, 1.54) is 0 Å². The Labute approximate surface area is 121 Å². The maximum Gasteiger partial charge on any atom is 0.341 e. The third-order valence-electron chi connectivity index (χ3n) is 3.29. The van der Waals surface area contributed by atoms with Gasteiger partial charge in [-0.1, -0.05) is 26.7 Å². The Hall–Kier alpha value is -1.52. The minimum Gasteiger partial charge on any atom is -0.462 e. The normalized spacial score (nSPS) is 10.6. The molecule has 1 heterocycles. The standard InChI is InChI=1S/C15H27N3O2/c1-5-8-10-17(11-9-6-2)18-13(4)14(12-16-18)15(19)20-7-3/h12H,5-11H2,1-4H3. The second kappa shape index (κ2) is 8.61. The number of rotatable bonds is 9. The first-order chi connectivity index (χ1) is 9.65. The maximum absolute atomic E-state index is 11.8. The lowest BCUT2D eigenvalue weighted by Crippen LogP contribution is -2.38. The average Bonchev–Trinajstić information content (AvgIpc) is 2.81. The molecule has 1 aromatic heterocycles. The summed E-state index contributed by atoms with van der Waals surface area (Å²) < 4.78 is 5.05. The molecule has 0 aliphatic rings. The van der Waals surface area contributed by atoms with E-state index in [1.54, 1.807) is 6.20 Å². The summed E-state index contributed by atoms with van der Waals surface area (Å²) in [5.41, 5.74) is 1.42. The third kappa shape index (κ3) is 4.25. The Morgan fingerprint density at radius 1 is 1.25 bits per heavy atom. The van der Waals surface area contributed by atoms with Crippen LogP contribution in [0.5, 0.6) is 0 Å². The summed E-state index contributed by atoms with van der Waals surface area (Å²) in [5.74, 6) is -0.290. The van der Waals surface area contributed by atoms with Crippen LogP contribution in [0.25, 0.3) is 0 Å². The predicted octanol–water partition coefficient (Wildman–Crippen LogP) is 2.91. The molecular formula is C15H27N3O2. The van der Waals surface area contributed by atoms with Crippen LogP contribution in [0.3, 0.4) is 0 Å². The monoisotopic (exact) mass is 281 g/mol.